The lowest BCUT2D eigenvalue weighted by Crippen LogP contribution is -2.42. The van der Waals surface area contributed by atoms with Gasteiger partial charge in [-0.15, -0.1) is 0 Å². The van der Waals surface area contributed by atoms with Crippen LogP contribution in [0.1, 0.15) is 44.0 Å². The number of carbonyl (C=O) groups is 1. The summed E-state index contributed by atoms with van der Waals surface area (Å²) in [5.41, 5.74) is 0.429. The molecule has 0 aliphatic carbocycles. The summed E-state index contributed by atoms with van der Waals surface area (Å²) < 4.78 is 26.7. The molecule has 1 fully saturated rings. The highest BCUT2D eigenvalue weighted by molar-refractivity contribution is 7.89. The van der Waals surface area contributed by atoms with Crippen molar-refractivity contribution in [3.8, 4) is 0 Å². The van der Waals surface area contributed by atoms with Crippen molar-refractivity contribution in [2.45, 2.75) is 50.6 Å². The molecular formula is C18H29N3O3S. The Labute approximate surface area is 151 Å². The lowest BCUT2D eigenvalue weighted by Gasteiger charge is -2.28. The van der Waals surface area contributed by atoms with Crippen molar-refractivity contribution in [1.29, 1.82) is 0 Å². The van der Waals surface area contributed by atoms with Crippen molar-refractivity contribution in [2.24, 2.45) is 0 Å². The van der Waals surface area contributed by atoms with Gasteiger partial charge in [-0.3, -0.25) is 4.79 Å². The van der Waals surface area contributed by atoms with Crippen molar-refractivity contribution >= 4 is 15.9 Å². The summed E-state index contributed by atoms with van der Waals surface area (Å²) in [6, 6.07) is 6.41. The average molecular weight is 368 g/mol. The van der Waals surface area contributed by atoms with Crippen molar-refractivity contribution in [3.05, 3.63) is 29.8 Å². The molecule has 0 spiro atoms. The summed E-state index contributed by atoms with van der Waals surface area (Å²) >= 11 is 0. The molecule has 0 bridgehead atoms. The number of hydrogen-bond acceptors (Lipinski definition) is 4. The van der Waals surface area contributed by atoms with E-state index in [2.05, 4.69) is 5.32 Å². The molecule has 1 unspecified atom stereocenters. The van der Waals surface area contributed by atoms with Gasteiger partial charge in [0.2, 0.25) is 10.0 Å². The van der Waals surface area contributed by atoms with E-state index in [0.29, 0.717) is 12.1 Å². The second kappa shape index (κ2) is 8.29. The average Bonchev–Trinajstić information content (AvgIpc) is 3.12. The molecule has 1 saturated heterocycles. The van der Waals surface area contributed by atoms with E-state index in [9.17, 15) is 13.2 Å². The Kier molecular flexibility index (Phi) is 6.59. The summed E-state index contributed by atoms with van der Waals surface area (Å²) in [6.45, 7) is 8.06. The topological polar surface area (TPSA) is 69.7 Å². The molecule has 1 aromatic carbocycles. The van der Waals surface area contributed by atoms with Crippen LogP contribution in [0.15, 0.2) is 29.2 Å². The van der Waals surface area contributed by atoms with Gasteiger partial charge in [0.1, 0.15) is 0 Å². The zero-order chi connectivity index (χ0) is 18.6. The van der Waals surface area contributed by atoms with E-state index < -0.39 is 10.0 Å². The normalized spacial score (nSPS) is 18.1. The summed E-state index contributed by atoms with van der Waals surface area (Å²) in [6.07, 6.45) is 1.80. The van der Waals surface area contributed by atoms with E-state index in [-0.39, 0.29) is 22.9 Å². The van der Waals surface area contributed by atoms with Gasteiger partial charge in [-0.2, -0.15) is 4.31 Å². The van der Waals surface area contributed by atoms with Crippen molar-refractivity contribution < 1.29 is 13.2 Å². The lowest BCUT2D eigenvalue weighted by molar-refractivity contribution is 0.0692. The molecule has 7 heteroatoms. The third-order valence-corrected chi connectivity index (χ3v) is 6.72. The van der Waals surface area contributed by atoms with Gasteiger partial charge in [0.25, 0.3) is 5.91 Å². The number of hydrogen-bond donors (Lipinski definition) is 1. The smallest absolute Gasteiger partial charge is 0.254 e. The molecule has 1 atom stereocenters. The first-order valence-electron chi connectivity index (χ1n) is 8.88. The zero-order valence-electron chi connectivity index (χ0n) is 15.5. The van der Waals surface area contributed by atoms with Gasteiger partial charge < -0.3 is 10.2 Å². The SMILES string of the molecule is CCCN(C(=O)c1cccc(S(=O)(=O)N(C)C(C)C)c1)C1CCNC1. The van der Waals surface area contributed by atoms with Crippen LogP contribution in [0.3, 0.4) is 0 Å². The van der Waals surface area contributed by atoms with Crippen LogP contribution in [0.2, 0.25) is 0 Å². The fourth-order valence-electron chi connectivity index (χ4n) is 3.00. The maximum Gasteiger partial charge on any atom is 0.254 e. The maximum atomic E-state index is 13.0. The summed E-state index contributed by atoms with van der Waals surface area (Å²) in [5.74, 6) is -0.0974. The predicted octanol–water partition coefficient (Wildman–Crippen LogP) is 1.93. The van der Waals surface area contributed by atoms with E-state index in [1.54, 1.807) is 25.2 Å². The molecule has 2 rings (SSSR count). The summed E-state index contributed by atoms with van der Waals surface area (Å²) in [7, 11) is -2.04. The third-order valence-electron chi connectivity index (χ3n) is 4.69. The van der Waals surface area contributed by atoms with E-state index in [1.807, 2.05) is 25.7 Å². The monoisotopic (exact) mass is 367 g/mol. The van der Waals surface area contributed by atoms with Crippen LogP contribution in [-0.4, -0.2) is 62.3 Å². The highest BCUT2D eigenvalue weighted by atomic mass is 32.2. The van der Waals surface area contributed by atoms with Gasteiger partial charge in [0, 0.05) is 37.8 Å². The predicted molar refractivity (Wildman–Crippen MR) is 99.1 cm³/mol. The van der Waals surface area contributed by atoms with E-state index in [1.165, 1.54) is 10.4 Å². The van der Waals surface area contributed by atoms with Crippen molar-refractivity contribution in [3.63, 3.8) is 0 Å². The minimum atomic E-state index is -3.60. The highest BCUT2D eigenvalue weighted by Gasteiger charge is 2.28. The van der Waals surface area contributed by atoms with Crippen LogP contribution in [0.4, 0.5) is 0 Å². The quantitative estimate of drug-likeness (QED) is 0.799. The third kappa shape index (κ3) is 4.40. The van der Waals surface area contributed by atoms with Gasteiger partial charge in [0.15, 0.2) is 0 Å². The Bertz CT molecular complexity index is 697. The molecular weight excluding hydrogens is 338 g/mol. The fourth-order valence-corrected chi connectivity index (χ4v) is 4.41. The van der Waals surface area contributed by atoms with Gasteiger partial charge >= 0.3 is 0 Å². The van der Waals surface area contributed by atoms with E-state index in [0.717, 1.165) is 25.9 Å². The Morgan fingerprint density at radius 3 is 2.64 bits per heavy atom. The zero-order valence-corrected chi connectivity index (χ0v) is 16.3. The fraction of sp³-hybridized carbons (Fsp3) is 0.611. The minimum absolute atomic E-state index is 0.0974. The molecule has 0 radical (unpaired) electrons. The second-order valence-electron chi connectivity index (χ2n) is 6.79. The van der Waals surface area contributed by atoms with Gasteiger partial charge in [-0.1, -0.05) is 13.0 Å². The van der Waals surface area contributed by atoms with Crippen LogP contribution in [-0.2, 0) is 10.0 Å². The first-order valence-corrected chi connectivity index (χ1v) is 10.3. The molecule has 1 aliphatic rings. The summed E-state index contributed by atoms with van der Waals surface area (Å²) in [5, 5.41) is 3.28. The molecule has 140 valence electrons. The standard InChI is InChI=1S/C18H29N3O3S/c1-5-11-21(16-9-10-19-13-16)18(22)15-7-6-8-17(12-15)25(23,24)20(4)14(2)3/h6-8,12,14,16,19H,5,9-11,13H2,1-4H3. The Hall–Kier alpha value is -1.44. The van der Waals surface area contributed by atoms with E-state index >= 15 is 0 Å². The molecule has 0 aromatic heterocycles. The number of benzene rings is 1. The molecule has 1 heterocycles. The second-order valence-corrected chi connectivity index (χ2v) is 8.79. The van der Waals surface area contributed by atoms with Crippen molar-refractivity contribution in [2.75, 3.05) is 26.7 Å². The number of carbonyl (C=O) groups excluding carboxylic acids is 1. The number of sulfonamides is 1. The molecule has 1 aromatic rings. The lowest BCUT2D eigenvalue weighted by atomic mass is 10.1. The molecule has 25 heavy (non-hydrogen) atoms. The Morgan fingerprint density at radius 1 is 1.36 bits per heavy atom. The molecule has 1 N–H and O–H groups in total. The largest absolute Gasteiger partial charge is 0.334 e. The highest BCUT2D eigenvalue weighted by Crippen LogP contribution is 2.20. The summed E-state index contributed by atoms with van der Waals surface area (Å²) in [4.78, 5) is 15.0. The van der Waals surface area contributed by atoms with Crippen LogP contribution < -0.4 is 5.32 Å². The minimum Gasteiger partial charge on any atom is -0.334 e. The van der Waals surface area contributed by atoms with Crippen LogP contribution in [0, 0.1) is 0 Å². The first kappa shape index (κ1) is 19.9. The number of rotatable bonds is 7. The number of amides is 1. The number of nitrogens with zero attached hydrogens (tertiary/aromatic N) is 2. The Balaban J connectivity index is 2.31. The van der Waals surface area contributed by atoms with Gasteiger partial charge in [-0.25, -0.2) is 8.42 Å². The molecule has 0 saturated carbocycles. The van der Waals surface area contributed by atoms with Crippen LogP contribution in [0.25, 0.3) is 0 Å². The van der Waals surface area contributed by atoms with Crippen LogP contribution >= 0.6 is 0 Å². The van der Waals surface area contributed by atoms with Gasteiger partial charge in [-0.05, 0) is 51.4 Å². The number of nitrogens with one attached hydrogen (secondary N) is 1. The van der Waals surface area contributed by atoms with E-state index in [4.69, 9.17) is 0 Å². The van der Waals surface area contributed by atoms with Crippen molar-refractivity contribution in [1.82, 2.24) is 14.5 Å². The van der Waals surface area contributed by atoms with Crippen LogP contribution in [0.5, 0.6) is 0 Å². The molecule has 1 aliphatic heterocycles. The maximum absolute atomic E-state index is 13.0. The first-order chi connectivity index (χ1) is 11.8. The molecule has 1 amide bonds. The molecule has 6 nitrogen and oxygen atoms in total. The van der Waals surface area contributed by atoms with Gasteiger partial charge in [0.05, 0.1) is 4.90 Å². The Morgan fingerprint density at radius 2 is 2.08 bits per heavy atom.